The number of sulfone groups is 1. The van der Waals surface area contributed by atoms with Crippen LogP contribution in [-0.4, -0.2) is 39.0 Å². The van der Waals surface area contributed by atoms with Crippen LogP contribution in [0.5, 0.6) is 0 Å². The zero-order valence-electron chi connectivity index (χ0n) is 13.7. The molecule has 142 valence electrons. The highest BCUT2D eigenvalue weighted by molar-refractivity contribution is 7.92. The molecule has 1 aromatic heterocycles. The molecule has 8 nitrogen and oxygen atoms in total. The van der Waals surface area contributed by atoms with Crippen molar-refractivity contribution >= 4 is 54.6 Å². The fraction of sp³-hybridized carbons (Fsp3) is 0.286. The summed E-state index contributed by atoms with van der Waals surface area (Å²) in [5, 5.41) is 5.84. The molecule has 2 aromatic rings. The number of aromatic amines is 1. The molecule has 12 heteroatoms. The number of H-pyrrole nitrogens is 1. The van der Waals surface area contributed by atoms with Crippen molar-refractivity contribution in [3.8, 4) is 0 Å². The highest BCUT2D eigenvalue weighted by Gasteiger charge is 2.26. The summed E-state index contributed by atoms with van der Waals surface area (Å²) in [5.74, 6) is -0.704. The second-order valence-electron chi connectivity index (χ2n) is 5.39. The minimum absolute atomic E-state index is 0.00725. The predicted molar refractivity (Wildman–Crippen MR) is 101 cm³/mol. The second kappa shape index (κ2) is 7.55. The molecule has 0 radical (unpaired) electrons. The molecule has 0 saturated carbocycles. The van der Waals surface area contributed by atoms with Gasteiger partial charge < -0.3 is 0 Å². The van der Waals surface area contributed by atoms with E-state index in [9.17, 15) is 21.6 Å². The van der Waals surface area contributed by atoms with Crippen LogP contribution in [0.4, 0.5) is 11.5 Å². The van der Waals surface area contributed by atoms with Crippen molar-refractivity contribution in [1.82, 2.24) is 10.2 Å². The number of aromatic nitrogens is 2. The first-order chi connectivity index (χ1) is 12.0. The van der Waals surface area contributed by atoms with Crippen molar-refractivity contribution < 1.29 is 16.8 Å². The highest BCUT2D eigenvalue weighted by Crippen LogP contribution is 2.30. The van der Waals surface area contributed by atoms with Gasteiger partial charge in [0.2, 0.25) is 21.3 Å². The van der Waals surface area contributed by atoms with Gasteiger partial charge in [-0.15, -0.1) is 0 Å². The van der Waals surface area contributed by atoms with E-state index in [-0.39, 0.29) is 26.5 Å². The molecule has 1 N–H and O–H groups in total. The van der Waals surface area contributed by atoms with E-state index < -0.39 is 31.1 Å². The maximum Gasteiger partial charge on any atom is 0.237 e. The largest absolute Gasteiger partial charge is 0.286 e. The Morgan fingerprint density at radius 3 is 2.12 bits per heavy atom. The number of benzene rings is 1. The summed E-state index contributed by atoms with van der Waals surface area (Å²) >= 11 is 11.8. The Labute approximate surface area is 160 Å². The molecule has 0 aliphatic rings. The normalized spacial score (nSPS) is 12.2. The van der Waals surface area contributed by atoms with E-state index in [1.807, 2.05) is 0 Å². The van der Waals surface area contributed by atoms with E-state index in [4.69, 9.17) is 23.2 Å². The molecular formula is C14H15Cl2N3O5S2. The Bertz CT molecular complexity index is 1080. The minimum atomic E-state index is -4.00. The second-order valence-corrected chi connectivity index (χ2v) is 10.2. The number of hydrogen-bond acceptors (Lipinski definition) is 6. The van der Waals surface area contributed by atoms with Gasteiger partial charge >= 0.3 is 0 Å². The van der Waals surface area contributed by atoms with Crippen LogP contribution >= 0.6 is 23.2 Å². The standard InChI is InChI=1S/C14H15Cl2N3O5S2/c1-3-4-26(23,24)13-8-12(20)14(18-17-13)19(25(2,21)22)11-6-9(15)5-10(16)7-11/h5-8H,3-4H2,1-2H3,(H,17,20). The van der Waals surface area contributed by atoms with Gasteiger partial charge in [0, 0.05) is 16.1 Å². The van der Waals surface area contributed by atoms with E-state index in [0.717, 1.165) is 12.3 Å². The Morgan fingerprint density at radius 1 is 1.08 bits per heavy atom. The Morgan fingerprint density at radius 2 is 1.65 bits per heavy atom. The number of anilines is 2. The molecule has 1 aromatic carbocycles. The number of nitrogens with one attached hydrogen (secondary N) is 1. The molecule has 0 fully saturated rings. The third kappa shape index (κ3) is 4.56. The van der Waals surface area contributed by atoms with Crippen molar-refractivity contribution in [3.63, 3.8) is 0 Å². The van der Waals surface area contributed by atoms with Crippen LogP contribution in [-0.2, 0) is 19.9 Å². The molecule has 0 aliphatic heterocycles. The average molecular weight is 440 g/mol. The fourth-order valence-electron chi connectivity index (χ4n) is 2.19. The minimum Gasteiger partial charge on any atom is -0.286 e. The lowest BCUT2D eigenvalue weighted by molar-refractivity contribution is 0.588. The van der Waals surface area contributed by atoms with Crippen molar-refractivity contribution in [3.05, 3.63) is 44.5 Å². The lowest BCUT2D eigenvalue weighted by atomic mass is 10.3. The van der Waals surface area contributed by atoms with Crippen LogP contribution in [0.3, 0.4) is 0 Å². The first kappa shape index (κ1) is 20.7. The number of hydrogen-bond donors (Lipinski definition) is 1. The van der Waals surface area contributed by atoms with Crippen molar-refractivity contribution in [2.75, 3.05) is 16.3 Å². The van der Waals surface area contributed by atoms with E-state index in [1.54, 1.807) is 6.92 Å². The Balaban J connectivity index is 2.67. The van der Waals surface area contributed by atoms with Gasteiger partial charge in [-0.3, -0.25) is 9.89 Å². The molecule has 1 heterocycles. The fourth-order valence-corrected chi connectivity index (χ4v) is 4.87. The molecule has 2 rings (SSSR count). The van der Waals surface area contributed by atoms with Gasteiger partial charge in [0.15, 0.2) is 14.9 Å². The molecule has 0 aliphatic carbocycles. The maximum absolute atomic E-state index is 12.4. The van der Waals surface area contributed by atoms with Crippen LogP contribution in [0, 0.1) is 0 Å². The van der Waals surface area contributed by atoms with Crippen LogP contribution in [0.25, 0.3) is 0 Å². The molecule has 0 amide bonds. The predicted octanol–water partition coefficient (Wildman–Crippen LogP) is 2.36. The van der Waals surface area contributed by atoms with Crippen molar-refractivity contribution in [1.29, 1.82) is 0 Å². The van der Waals surface area contributed by atoms with Gasteiger partial charge in [-0.1, -0.05) is 30.1 Å². The number of sulfonamides is 1. The number of halogens is 2. The zero-order chi connectivity index (χ0) is 19.7. The van der Waals surface area contributed by atoms with Gasteiger partial charge in [-0.05, 0) is 24.6 Å². The third-order valence-electron chi connectivity index (χ3n) is 3.17. The smallest absolute Gasteiger partial charge is 0.237 e. The SMILES string of the molecule is CCCS(=O)(=O)c1cc(=O)c(N(c2cc(Cl)cc(Cl)c2)S(C)(=O)=O)n[nH]1. The quantitative estimate of drug-likeness (QED) is 0.737. The summed E-state index contributed by atoms with van der Waals surface area (Å²) in [6.07, 6.45) is 1.22. The maximum atomic E-state index is 12.4. The summed E-state index contributed by atoms with van der Waals surface area (Å²) in [7, 11) is -7.72. The molecule has 26 heavy (non-hydrogen) atoms. The topological polar surface area (TPSA) is 117 Å². The molecular weight excluding hydrogens is 425 g/mol. The van der Waals surface area contributed by atoms with Crippen LogP contribution in [0.2, 0.25) is 10.0 Å². The van der Waals surface area contributed by atoms with Crippen LogP contribution in [0.15, 0.2) is 34.1 Å². The first-order valence-electron chi connectivity index (χ1n) is 7.24. The zero-order valence-corrected chi connectivity index (χ0v) is 16.9. The van der Waals surface area contributed by atoms with Crippen molar-refractivity contribution in [2.45, 2.75) is 18.4 Å². The van der Waals surface area contributed by atoms with Gasteiger partial charge in [0.25, 0.3) is 0 Å². The van der Waals surface area contributed by atoms with E-state index in [0.29, 0.717) is 10.7 Å². The van der Waals surface area contributed by atoms with Crippen LogP contribution < -0.4 is 9.73 Å². The van der Waals surface area contributed by atoms with Crippen LogP contribution in [0.1, 0.15) is 13.3 Å². The van der Waals surface area contributed by atoms with Gasteiger partial charge in [0.05, 0.1) is 17.7 Å². The van der Waals surface area contributed by atoms with E-state index in [2.05, 4.69) is 10.2 Å². The summed E-state index contributed by atoms with van der Waals surface area (Å²) < 4.78 is 49.2. The lowest BCUT2D eigenvalue weighted by Crippen LogP contribution is -2.31. The summed E-state index contributed by atoms with van der Waals surface area (Å²) in [5.41, 5.74) is -0.896. The van der Waals surface area contributed by atoms with E-state index >= 15 is 0 Å². The average Bonchev–Trinajstić information content (AvgIpc) is 2.46. The number of nitrogens with zero attached hydrogens (tertiary/aromatic N) is 2. The van der Waals surface area contributed by atoms with Gasteiger partial charge in [-0.2, -0.15) is 5.10 Å². The lowest BCUT2D eigenvalue weighted by Gasteiger charge is -2.21. The summed E-state index contributed by atoms with van der Waals surface area (Å²) in [6.45, 7) is 1.67. The summed E-state index contributed by atoms with van der Waals surface area (Å²) in [4.78, 5) is 12.4. The first-order valence-corrected chi connectivity index (χ1v) is 11.5. The van der Waals surface area contributed by atoms with E-state index in [1.165, 1.54) is 18.2 Å². The summed E-state index contributed by atoms with van der Waals surface area (Å²) in [6, 6.07) is 4.78. The van der Waals surface area contributed by atoms with Gasteiger partial charge in [0.1, 0.15) is 0 Å². The highest BCUT2D eigenvalue weighted by atomic mass is 35.5. The van der Waals surface area contributed by atoms with Crippen molar-refractivity contribution in [2.24, 2.45) is 0 Å². The molecule has 0 saturated heterocycles. The molecule has 0 spiro atoms. The molecule has 0 atom stereocenters. The Hall–Kier alpha value is -1.62. The monoisotopic (exact) mass is 439 g/mol. The Kier molecular flexibility index (Phi) is 6.01. The number of rotatable bonds is 6. The van der Waals surface area contributed by atoms with Gasteiger partial charge in [-0.25, -0.2) is 21.1 Å². The molecule has 0 bridgehead atoms. The molecule has 0 unspecified atom stereocenters. The third-order valence-corrected chi connectivity index (χ3v) is 6.48.